The summed E-state index contributed by atoms with van der Waals surface area (Å²) >= 11 is 0. The van der Waals surface area contributed by atoms with Gasteiger partial charge in [-0.3, -0.25) is 5.10 Å². The van der Waals surface area contributed by atoms with Gasteiger partial charge in [0.1, 0.15) is 6.61 Å². The number of amides is 1. The molecule has 2 N–H and O–H groups in total. The number of benzene rings is 2. The lowest BCUT2D eigenvalue weighted by atomic mass is 10.2. The highest BCUT2D eigenvalue weighted by Crippen LogP contribution is 2.16. The highest BCUT2D eigenvalue weighted by Gasteiger charge is 2.02. The number of aromatic nitrogens is 2. The highest BCUT2D eigenvalue weighted by molar-refractivity contribution is 5.86. The lowest BCUT2D eigenvalue weighted by Gasteiger charge is -2.05. The molecule has 122 valence electrons. The van der Waals surface area contributed by atoms with E-state index in [4.69, 9.17) is 4.74 Å². The van der Waals surface area contributed by atoms with Gasteiger partial charge in [0, 0.05) is 11.9 Å². The SMILES string of the molecule is O=C(NCCC=Cc1[nH]nc2ccccc12)OCc1ccccc1. The van der Waals surface area contributed by atoms with E-state index in [1.165, 1.54) is 0 Å². The van der Waals surface area contributed by atoms with Gasteiger partial charge < -0.3 is 10.1 Å². The third kappa shape index (κ3) is 4.23. The molecule has 0 saturated carbocycles. The molecule has 0 aliphatic carbocycles. The van der Waals surface area contributed by atoms with E-state index < -0.39 is 6.09 Å². The Morgan fingerprint density at radius 3 is 2.79 bits per heavy atom. The Morgan fingerprint density at radius 2 is 1.92 bits per heavy atom. The molecule has 0 bridgehead atoms. The first-order valence-corrected chi connectivity index (χ1v) is 7.87. The van der Waals surface area contributed by atoms with Crippen LogP contribution in [0, 0.1) is 0 Å². The number of nitrogens with zero attached hydrogens (tertiary/aromatic N) is 1. The van der Waals surface area contributed by atoms with Crippen molar-refractivity contribution >= 4 is 23.1 Å². The zero-order valence-electron chi connectivity index (χ0n) is 13.2. The van der Waals surface area contributed by atoms with Crippen LogP contribution in [0.25, 0.3) is 17.0 Å². The van der Waals surface area contributed by atoms with E-state index in [-0.39, 0.29) is 6.61 Å². The molecule has 1 aromatic heterocycles. The van der Waals surface area contributed by atoms with Crippen LogP contribution in [-0.4, -0.2) is 22.8 Å². The molecule has 2 aromatic carbocycles. The fourth-order valence-electron chi connectivity index (χ4n) is 2.34. The first kappa shape index (κ1) is 15.8. The van der Waals surface area contributed by atoms with Gasteiger partial charge >= 0.3 is 6.09 Å². The first-order valence-electron chi connectivity index (χ1n) is 7.87. The fraction of sp³-hybridized carbons (Fsp3) is 0.158. The normalized spacial score (nSPS) is 11.0. The third-order valence-corrected chi connectivity index (χ3v) is 3.57. The van der Waals surface area contributed by atoms with Gasteiger partial charge in [-0.15, -0.1) is 0 Å². The molecule has 0 saturated heterocycles. The van der Waals surface area contributed by atoms with Crippen LogP contribution in [0.3, 0.4) is 0 Å². The molecule has 0 fully saturated rings. The van der Waals surface area contributed by atoms with Crippen molar-refractivity contribution in [1.82, 2.24) is 15.5 Å². The number of para-hydroxylation sites is 1. The number of fused-ring (bicyclic) bond motifs is 1. The van der Waals surface area contributed by atoms with Crippen molar-refractivity contribution < 1.29 is 9.53 Å². The molecule has 1 amide bonds. The number of ether oxygens (including phenoxy) is 1. The average molecular weight is 321 g/mol. The maximum atomic E-state index is 11.6. The molecule has 1 heterocycles. The quantitative estimate of drug-likeness (QED) is 0.677. The second-order valence-corrected chi connectivity index (χ2v) is 5.33. The molecular weight excluding hydrogens is 302 g/mol. The van der Waals surface area contributed by atoms with E-state index in [1.54, 1.807) is 0 Å². The summed E-state index contributed by atoms with van der Waals surface area (Å²) in [6.45, 7) is 0.804. The van der Waals surface area contributed by atoms with Crippen LogP contribution in [-0.2, 0) is 11.3 Å². The first-order chi connectivity index (χ1) is 11.8. The number of aromatic amines is 1. The van der Waals surface area contributed by atoms with E-state index in [2.05, 4.69) is 15.5 Å². The van der Waals surface area contributed by atoms with E-state index >= 15 is 0 Å². The Hall–Kier alpha value is -3.08. The maximum absolute atomic E-state index is 11.6. The molecular formula is C19H19N3O2. The Labute approximate surface area is 140 Å². The van der Waals surface area contributed by atoms with Crippen LogP contribution in [0.1, 0.15) is 17.7 Å². The van der Waals surface area contributed by atoms with Gasteiger partial charge in [-0.25, -0.2) is 4.79 Å². The van der Waals surface area contributed by atoms with Crippen molar-refractivity contribution in [3.05, 3.63) is 71.9 Å². The molecule has 3 aromatic rings. The molecule has 24 heavy (non-hydrogen) atoms. The van der Waals surface area contributed by atoms with Crippen molar-refractivity contribution in [1.29, 1.82) is 0 Å². The predicted molar refractivity (Wildman–Crippen MR) is 94.4 cm³/mol. The summed E-state index contributed by atoms with van der Waals surface area (Å²) in [6.07, 6.45) is 4.29. The van der Waals surface area contributed by atoms with E-state index in [9.17, 15) is 4.79 Å². The maximum Gasteiger partial charge on any atom is 0.407 e. The molecule has 5 heteroatoms. The van der Waals surface area contributed by atoms with Gasteiger partial charge in [0.15, 0.2) is 0 Å². The van der Waals surface area contributed by atoms with Crippen LogP contribution < -0.4 is 5.32 Å². The van der Waals surface area contributed by atoms with Crippen molar-refractivity contribution in [3.8, 4) is 0 Å². The van der Waals surface area contributed by atoms with E-state index in [1.807, 2.05) is 66.7 Å². The number of alkyl carbamates (subject to hydrolysis) is 1. The van der Waals surface area contributed by atoms with E-state index in [0.29, 0.717) is 13.0 Å². The number of hydrogen-bond acceptors (Lipinski definition) is 3. The average Bonchev–Trinajstić information content (AvgIpc) is 3.04. The fourth-order valence-corrected chi connectivity index (χ4v) is 2.34. The Balaban J connectivity index is 1.39. The van der Waals surface area contributed by atoms with Gasteiger partial charge in [0.2, 0.25) is 0 Å². The Morgan fingerprint density at radius 1 is 1.12 bits per heavy atom. The van der Waals surface area contributed by atoms with Gasteiger partial charge in [-0.2, -0.15) is 5.10 Å². The minimum atomic E-state index is -0.403. The number of nitrogens with one attached hydrogen (secondary N) is 2. The molecule has 0 aliphatic heterocycles. The minimum absolute atomic E-state index is 0.280. The van der Waals surface area contributed by atoms with E-state index in [0.717, 1.165) is 22.2 Å². The molecule has 3 rings (SSSR count). The number of hydrogen-bond donors (Lipinski definition) is 2. The predicted octanol–water partition coefficient (Wildman–Crippen LogP) is 3.89. The standard InChI is InChI=1S/C19H19N3O2/c23-19(24-14-15-8-2-1-3-9-15)20-13-7-6-12-18-16-10-4-5-11-17(16)21-22-18/h1-6,8-12H,7,13-14H2,(H,20,23)(H,21,22). The largest absolute Gasteiger partial charge is 0.445 e. The van der Waals surface area contributed by atoms with Crippen molar-refractivity contribution in [2.75, 3.05) is 6.54 Å². The molecule has 0 unspecified atom stereocenters. The molecule has 0 radical (unpaired) electrons. The summed E-state index contributed by atoms with van der Waals surface area (Å²) in [7, 11) is 0. The second kappa shape index (κ2) is 7.97. The summed E-state index contributed by atoms with van der Waals surface area (Å²) in [5.74, 6) is 0. The third-order valence-electron chi connectivity index (χ3n) is 3.57. The number of carbonyl (C=O) groups excluding carboxylic acids is 1. The monoisotopic (exact) mass is 321 g/mol. The summed E-state index contributed by atoms with van der Waals surface area (Å²) < 4.78 is 5.15. The molecule has 0 spiro atoms. The van der Waals surface area contributed by atoms with Gasteiger partial charge in [-0.05, 0) is 24.1 Å². The Kier molecular flexibility index (Phi) is 5.24. The molecule has 0 aliphatic rings. The van der Waals surface area contributed by atoms with Crippen LogP contribution in [0.4, 0.5) is 4.79 Å². The van der Waals surface area contributed by atoms with Crippen molar-refractivity contribution in [2.45, 2.75) is 13.0 Å². The van der Waals surface area contributed by atoms with Crippen molar-refractivity contribution in [2.24, 2.45) is 0 Å². The van der Waals surface area contributed by atoms with Gasteiger partial charge in [0.25, 0.3) is 0 Å². The number of H-pyrrole nitrogens is 1. The van der Waals surface area contributed by atoms with Crippen molar-refractivity contribution in [3.63, 3.8) is 0 Å². The van der Waals surface area contributed by atoms with Gasteiger partial charge in [-0.1, -0.05) is 54.6 Å². The van der Waals surface area contributed by atoms with Crippen LogP contribution in [0.2, 0.25) is 0 Å². The number of carbonyl (C=O) groups is 1. The van der Waals surface area contributed by atoms with Crippen LogP contribution >= 0.6 is 0 Å². The van der Waals surface area contributed by atoms with Crippen LogP contribution in [0.15, 0.2) is 60.7 Å². The zero-order valence-corrected chi connectivity index (χ0v) is 13.2. The smallest absolute Gasteiger partial charge is 0.407 e. The minimum Gasteiger partial charge on any atom is -0.445 e. The zero-order chi connectivity index (χ0) is 16.6. The highest BCUT2D eigenvalue weighted by atomic mass is 16.5. The van der Waals surface area contributed by atoms with Gasteiger partial charge in [0.05, 0.1) is 11.2 Å². The summed E-state index contributed by atoms with van der Waals surface area (Å²) in [5.41, 5.74) is 2.88. The Bertz CT molecular complexity index is 825. The topological polar surface area (TPSA) is 67.0 Å². The summed E-state index contributed by atoms with van der Waals surface area (Å²) in [5, 5.41) is 11.1. The second-order valence-electron chi connectivity index (χ2n) is 5.33. The molecule has 5 nitrogen and oxygen atoms in total. The molecule has 0 atom stereocenters. The van der Waals surface area contributed by atoms with Crippen LogP contribution in [0.5, 0.6) is 0 Å². The lowest BCUT2D eigenvalue weighted by Crippen LogP contribution is -2.24. The summed E-state index contributed by atoms with van der Waals surface area (Å²) in [6, 6.07) is 17.5. The number of rotatable bonds is 6. The lowest BCUT2D eigenvalue weighted by molar-refractivity contribution is 0.140. The summed E-state index contributed by atoms with van der Waals surface area (Å²) in [4.78, 5) is 11.6.